The fourth-order valence-corrected chi connectivity index (χ4v) is 5.14. The molecule has 0 amide bonds. The number of hydrogen-bond acceptors (Lipinski definition) is 4. The van der Waals surface area contributed by atoms with Crippen LogP contribution in [0.2, 0.25) is 0 Å². The Hall–Kier alpha value is -1.52. The van der Waals surface area contributed by atoms with Crippen molar-refractivity contribution in [2.75, 3.05) is 20.8 Å². The summed E-state index contributed by atoms with van der Waals surface area (Å²) in [4.78, 5) is 5.74. The molecule has 2 aliphatic heterocycles. The molecule has 2 aliphatic rings. The highest BCUT2D eigenvalue weighted by Gasteiger charge is 2.35. The van der Waals surface area contributed by atoms with Crippen molar-refractivity contribution in [3.05, 3.63) is 44.6 Å². The molecular formula is C19H23NO2S. The van der Waals surface area contributed by atoms with Crippen molar-refractivity contribution in [1.29, 1.82) is 0 Å². The van der Waals surface area contributed by atoms with E-state index in [2.05, 4.69) is 24.0 Å². The number of aryl methyl sites for hydroxylation is 1. The number of ether oxygens (including phenoxy) is 2. The van der Waals surface area contributed by atoms with Crippen LogP contribution >= 0.6 is 11.3 Å². The molecule has 0 N–H and O–H groups in total. The number of nitrogens with zero attached hydrogens (tertiary/aromatic N) is 1. The largest absolute Gasteiger partial charge is 0.493 e. The first-order valence-corrected chi connectivity index (χ1v) is 9.15. The molecule has 122 valence electrons. The molecule has 23 heavy (non-hydrogen) atoms. The van der Waals surface area contributed by atoms with E-state index in [0.29, 0.717) is 6.04 Å². The Morgan fingerprint density at radius 2 is 2.13 bits per heavy atom. The molecule has 0 fully saturated rings. The number of methoxy groups -OCH3 is 2. The lowest BCUT2D eigenvalue weighted by Gasteiger charge is -2.40. The molecule has 0 radical (unpaired) electrons. The summed E-state index contributed by atoms with van der Waals surface area (Å²) in [5, 5.41) is 0. The molecule has 0 spiro atoms. The predicted octanol–water partition coefficient (Wildman–Crippen LogP) is 3.98. The van der Waals surface area contributed by atoms with Gasteiger partial charge in [0.1, 0.15) is 0 Å². The van der Waals surface area contributed by atoms with Gasteiger partial charge in [-0.25, -0.2) is 0 Å². The molecule has 0 aliphatic carbocycles. The van der Waals surface area contributed by atoms with E-state index >= 15 is 0 Å². The second kappa shape index (κ2) is 5.84. The van der Waals surface area contributed by atoms with Gasteiger partial charge in [0.2, 0.25) is 0 Å². The van der Waals surface area contributed by atoms with Crippen LogP contribution in [0, 0.1) is 0 Å². The monoisotopic (exact) mass is 329 g/mol. The van der Waals surface area contributed by atoms with Gasteiger partial charge in [0.25, 0.3) is 0 Å². The van der Waals surface area contributed by atoms with Crippen LogP contribution in [0.3, 0.4) is 0 Å². The van der Waals surface area contributed by atoms with E-state index < -0.39 is 0 Å². The van der Waals surface area contributed by atoms with Crippen LogP contribution in [0.15, 0.2) is 18.2 Å². The standard InChI is InChI=1S/C19H23NO2S/c1-4-13-10-14-16-9-12-5-6-17(21-2)19(22-3)15(12)11-20(16)8-7-18(14)23-13/h5-6,10,16H,4,7-9,11H2,1-3H3. The molecule has 1 aromatic heterocycles. The van der Waals surface area contributed by atoms with Gasteiger partial charge in [0, 0.05) is 34.4 Å². The van der Waals surface area contributed by atoms with Gasteiger partial charge in [-0.15, -0.1) is 11.3 Å². The molecule has 3 heterocycles. The Bertz CT molecular complexity index is 737. The summed E-state index contributed by atoms with van der Waals surface area (Å²) in [6.07, 6.45) is 3.40. The van der Waals surface area contributed by atoms with Gasteiger partial charge in [-0.3, -0.25) is 4.90 Å². The van der Waals surface area contributed by atoms with Crippen LogP contribution in [0.25, 0.3) is 0 Å². The Morgan fingerprint density at radius 3 is 2.87 bits per heavy atom. The molecular weight excluding hydrogens is 306 g/mol. The molecule has 3 nitrogen and oxygen atoms in total. The zero-order chi connectivity index (χ0) is 16.0. The molecule has 4 heteroatoms. The summed E-state index contributed by atoms with van der Waals surface area (Å²) < 4.78 is 11.1. The van der Waals surface area contributed by atoms with E-state index in [4.69, 9.17) is 9.47 Å². The van der Waals surface area contributed by atoms with E-state index in [1.165, 1.54) is 22.4 Å². The Kier molecular flexibility index (Phi) is 3.82. The van der Waals surface area contributed by atoms with Crippen molar-refractivity contribution in [2.24, 2.45) is 0 Å². The lowest BCUT2D eigenvalue weighted by molar-refractivity contribution is 0.159. The Labute approximate surface area is 141 Å². The minimum atomic E-state index is 0.529. The van der Waals surface area contributed by atoms with Crippen LogP contribution in [0.4, 0.5) is 0 Å². The van der Waals surface area contributed by atoms with E-state index in [1.54, 1.807) is 24.7 Å². The molecule has 4 rings (SSSR count). The van der Waals surface area contributed by atoms with Gasteiger partial charge in [0.05, 0.1) is 14.2 Å². The maximum atomic E-state index is 5.66. The van der Waals surface area contributed by atoms with Crippen LogP contribution in [-0.4, -0.2) is 25.7 Å². The molecule has 0 bridgehead atoms. The first-order valence-electron chi connectivity index (χ1n) is 8.33. The quantitative estimate of drug-likeness (QED) is 0.850. The molecule has 1 atom stereocenters. The number of benzene rings is 1. The van der Waals surface area contributed by atoms with Gasteiger partial charge in [0.15, 0.2) is 11.5 Å². The van der Waals surface area contributed by atoms with Gasteiger partial charge in [-0.1, -0.05) is 13.0 Å². The van der Waals surface area contributed by atoms with E-state index in [9.17, 15) is 0 Å². The van der Waals surface area contributed by atoms with Gasteiger partial charge < -0.3 is 9.47 Å². The zero-order valence-corrected chi connectivity index (χ0v) is 14.8. The first-order chi connectivity index (χ1) is 11.2. The highest BCUT2D eigenvalue weighted by Crippen LogP contribution is 2.45. The topological polar surface area (TPSA) is 21.7 Å². The van der Waals surface area contributed by atoms with Gasteiger partial charge in [-0.05, 0) is 42.5 Å². The summed E-state index contributed by atoms with van der Waals surface area (Å²) >= 11 is 2.01. The number of rotatable bonds is 3. The van der Waals surface area contributed by atoms with Crippen molar-refractivity contribution in [3.8, 4) is 11.5 Å². The maximum absolute atomic E-state index is 5.66. The predicted molar refractivity (Wildman–Crippen MR) is 93.8 cm³/mol. The minimum Gasteiger partial charge on any atom is -0.493 e. The fourth-order valence-electron chi connectivity index (χ4n) is 3.99. The first kappa shape index (κ1) is 15.0. The zero-order valence-electron chi connectivity index (χ0n) is 14.0. The normalized spacial score (nSPS) is 19.7. The molecule has 2 aromatic rings. The van der Waals surface area contributed by atoms with Crippen molar-refractivity contribution in [2.45, 2.75) is 38.8 Å². The van der Waals surface area contributed by atoms with Crippen molar-refractivity contribution >= 4 is 11.3 Å². The van der Waals surface area contributed by atoms with Crippen molar-refractivity contribution in [1.82, 2.24) is 4.90 Å². The number of thiophene rings is 1. The fraction of sp³-hybridized carbons (Fsp3) is 0.474. The summed E-state index contributed by atoms with van der Waals surface area (Å²) in [7, 11) is 3.45. The third-order valence-corrected chi connectivity index (χ3v) is 6.54. The summed E-state index contributed by atoms with van der Waals surface area (Å²) in [6, 6.07) is 7.24. The lowest BCUT2D eigenvalue weighted by atomic mass is 9.86. The maximum Gasteiger partial charge on any atom is 0.165 e. The smallest absolute Gasteiger partial charge is 0.165 e. The van der Waals surface area contributed by atoms with E-state index in [0.717, 1.165) is 37.4 Å². The molecule has 1 aromatic carbocycles. The highest BCUT2D eigenvalue weighted by atomic mass is 32.1. The average molecular weight is 329 g/mol. The van der Waals surface area contributed by atoms with Crippen LogP contribution in [0.1, 0.15) is 39.4 Å². The number of fused-ring (bicyclic) bond motifs is 4. The van der Waals surface area contributed by atoms with E-state index in [1.807, 2.05) is 17.4 Å². The third kappa shape index (κ3) is 2.36. The average Bonchev–Trinajstić information content (AvgIpc) is 3.02. The summed E-state index contributed by atoms with van der Waals surface area (Å²) in [5.41, 5.74) is 4.28. The third-order valence-electron chi connectivity index (χ3n) is 5.19. The van der Waals surface area contributed by atoms with Crippen LogP contribution < -0.4 is 9.47 Å². The van der Waals surface area contributed by atoms with Crippen molar-refractivity contribution in [3.63, 3.8) is 0 Å². The molecule has 0 saturated carbocycles. The summed E-state index contributed by atoms with van der Waals surface area (Å²) in [6.45, 7) is 4.35. The second-order valence-corrected chi connectivity index (χ2v) is 7.55. The molecule has 0 saturated heterocycles. The molecule has 1 unspecified atom stereocenters. The Balaban J connectivity index is 1.75. The van der Waals surface area contributed by atoms with Gasteiger partial charge in [-0.2, -0.15) is 0 Å². The van der Waals surface area contributed by atoms with E-state index in [-0.39, 0.29) is 0 Å². The van der Waals surface area contributed by atoms with Crippen molar-refractivity contribution < 1.29 is 9.47 Å². The lowest BCUT2D eigenvalue weighted by Crippen LogP contribution is -2.38. The Morgan fingerprint density at radius 1 is 1.26 bits per heavy atom. The highest BCUT2D eigenvalue weighted by molar-refractivity contribution is 7.12. The van der Waals surface area contributed by atoms with Crippen LogP contribution in [-0.2, 0) is 25.8 Å². The second-order valence-electron chi connectivity index (χ2n) is 6.32. The SMILES string of the molecule is CCc1cc2c(s1)CCN1Cc3c(ccc(OC)c3OC)CC21. The number of hydrogen-bond donors (Lipinski definition) is 0. The van der Waals surface area contributed by atoms with Crippen LogP contribution in [0.5, 0.6) is 11.5 Å². The minimum absolute atomic E-state index is 0.529. The summed E-state index contributed by atoms with van der Waals surface area (Å²) in [5.74, 6) is 1.75. The van der Waals surface area contributed by atoms with Gasteiger partial charge >= 0.3 is 0 Å².